The van der Waals surface area contributed by atoms with Crippen LogP contribution >= 0.6 is 0 Å². The van der Waals surface area contributed by atoms with Gasteiger partial charge in [0.2, 0.25) is 0 Å². The summed E-state index contributed by atoms with van der Waals surface area (Å²) in [5.41, 5.74) is 7.81. The van der Waals surface area contributed by atoms with Crippen molar-refractivity contribution in [1.29, 1.82) is 0 Å². The molecule has 1 N–H and O–H groups in total. The van der Waals surface area contributed by atoms with E-state index in [0.29, 0.717) is 0 Å². The highest BCUT2D eigenvalue weighted by atomic mass is 15.1. The number of fused-ring (bicyclic) bond motifs is 1. The molecule has 0 saturated heterocycles. The summed E-state index contributed by atoms with van der Waals surface area (Å²) in [4.78, 5) is 2.20. The van der Waals surface area contributed by atoms with E-state index >= 15 is 0 Å². The topological polar surface area (TPSA) is 15.3 Å². The summed E-state index contributed by atoms with van der Waals surface area (Å²) in [6.45, 7) is 13.2. The first-order valence-corrected chi connectivity index (χ1v) is 10.9. The van der Waals surface area contributed by atoms with Crippen LogP contribution in [0.5, 0.6) is 0 Å². The number of aryl methyl sites for hydroxylation is 1. The molecule has 0 radical (unpaired) electrons. The van der Waals surface area contributed by atoms with Crippen LogP contribution in [0.4, 0.5) is 11.4 Å². The van der Waals surface area contributed by atoms with Crippen molar-refractivity contribution in [2.75, 3.05) is 17.3 Å². The molecule has 2 nitrogen and oxygen atoms in total. The Morgan fingerprint density at radius 2 is 1.97 bits per heavy atom. The summed E-state index contributed by atoms with van der Waals surface area (Å²) in [6.07, 6.45) is 20.0. The number of likely N-dealkylation sites (N-methyl/N-ethyl adjacent to an activating group) is 1. The number of nitrogens with one attached hydrogen (secondary N) is 1. The summed E-state index contributed by atoms with van der Waals surface area (Å²) in [5.74, 6) is 0. The van der Waals surface area contributed by atoms with Gasteiger partial charge in [-0.05, 0) is 53.5 Å². The molecule has 29 heavy (non-hydrogen) atoms. The molecule has 154 valence electrons. The molecule has 0 amide bonds. The van der Waals surface area contributed by atoms with Gasteiger partial charge < -0.3 is 10.2 Å². The Balaban J connectivity index is 1.92. The SMILES string of the molecule is C=C1C=CCc2cc(CCCC)c(NC3C=CC=C(C(C)(C)C)C=C3)cc2N1C. The molecule has 1 atom stereocenters. The summed E-state index contributed by atoms with van der Waals surface area (Å²) in [7, 11) is 2.11. The molecule has 3 rings (SSSR count). The highest BCUT2D eigenvalue weighted by Crippen LogP contribution is 2.34. The molecular weight excluding hydrogens is 352 g/mol. The van der Waals surface area contributed by atoms with E-state index in [-0.39, 0.29) is 11.5 Å². The number of hydrogen-bond donors (Lipinski definition) is 1. The minimum atomic E-state index is 0.155. The molecule has 1 unspecified atom stereocenters. The minimum Gasteiger partial charge on any atom is -0.375 e. The van der Waals surface area contributed by atoms with Crippen molar-refractivity contribution in [1.82, 2.24) is 0 Å². The molecule has 0 saturated carbocycles. The van der Waals surface area contributed by atoms with Crippen molar-refractivity contribution in [3.8, 4) is 0 Å². The van der Waals surface area contributed by atoms with Crippen LogP contribution in [0.1, 0.15) is 51.7 Å². The fourth-order valence-electron chi connectivity index (χ4n) is 3.84. The van der Waals surface area contributed by atoms with Gasteiger partial charge in [0.25, 0.3) is 0 Å². The van der Waals surface area contributed by atoms with Crippen molar-refractivity contribution in [3.05, 3.63) is 83.6 Å². The second-order valence-electron chi connectivity index (χ2n) is 9.18. The number of hydrogen-bond acceptors (Lipinski definition) is 2. The largest absolute Gasteiger partial charge is 0.375 e. The maximum atomic E-state index is 4.20. The van der Waals surface area contributed by atoms with Gasteiger partial charge in [0, 0.05) is 24.1 Å². The van der Waals surface area contributed by atoms with Crippen LogP contribution in [-0.4, -0.2) is 13.1 Å². The van der Waals surface area contributed by atoms with Gasteiger partial charge in [0.15, 0.2) is 0 Å². The van der Waals surface area contributed by atoms with Gasteiger partial charge in [-0.25, -0.2) is 0 Å². The highest BCUT2D eigenvalue weighted by Gasteiger charge is 2.18. The Labute approximate surface area is 177 Å². The van der Waals surface area contributed by atoms with Gasteiger partial charge in [-0.2, -0.15) is 0 Å². The third-order valence-corrected chi connectivity index (χ3v) is 5.81. The lowest BCUT2D eigenvalue weighted by Crippen LogP contribution is -2.18. The van der Waals surface area contributed by atoms with Gasteiger partial charge in [-0.1, -0.05) is 83.2 Å². The number of benzene rings is 1. The Morgan fingerprint density at radius 1 is 1.17 bits per heavy atom. The third kappa shape index (κ3) is 5.12. The average Bonchev–Trinajstić information content (AvgIpc) is 2.98. The van der Waals surface area contributed by atoms with Crippen molar-refractivity contribution < 1.29 is 0 Å². The van der Waals surface area contributed by atoms with Crippen molar-refractivity contribution >= 4 is 11.4 Å². The van der Waals surface area contributed by atoms with Crippen LogP contribution < -0.4 is 10.2 Å². The first kappa shape index (κ1) is 21.2. The van der Waals surface area contributed by atoms with E-state index in [1.165, 1.54) is 40.9 Å². The molecule has 2 aliphatic rings. The maximum absolute atomic E-state index is 4.20. The van der Waals surface area contributed by atoms with Crippen LogP contribution in [0.15, 0.2) is 72.5 Å². The quantitative estimate of drug-likeness (QED) is 0.586. The molecule has 1 aliphatic heterocycles. The maximum Gasteiger partial charge on any atom is 0.0634 e. The minimum absolute atomic E-state index is 0.155. The lowest BCUT2D eigenvalue weighted by atomic mass is 9.86. The number of rotatable bonds is 5. The Morgan fingerprint density at radius 3 is 2.69 bits per heavy atom. The smallest absolute Gasteiger partial charge is 0.0634 e. The zero-order chi connectivity index (χ0) is 21.0. The fraction of sp³-hybridized carbons (Fsp3) is 0.407. The first-order valence-electron chi connectivity index (χ1n) is 10.9. The molecule has 0 fully saturated rings. The lowest BCUT2D eigenvalue weighted by Gasteiger charge is -2.25. The number of nitrogens with zero attached hydrogens (tertiary/aromatic N) is 1. The monoisotopic (exact) mass is 388 g/mol. The Hall–Kier alpha value is -2.48. The van der Waals surface area contributed by atoms with E-state index in [1.807, 2.05) is 0 Å². The first-order chi connectivity index (χ1) is 13.8. The molecule has 1 aliphatic carbocycles. The van der Waals surface area contributed by atoms with Crippen molar-refractivity contribution in [2.45, 2.75) is 59.4 Å². The Bertz CT molecular complexity index is 875. The zero-order valence-corrected chi connectivity index (χ0v) is 18.8. The Kier molecular flexibility index (Phi) is 6.52. The predicted octanol–water partition coefficient (Wildman–Crippen LogP) is 6.97. The van der Waals surface area contributed by atoms with E-state index < -0.39 is 0 Å². The normalized spacial score (nSPS) is 18.9. The van der Waals surface area contributed by atoms with E-state index in [1.54, 1.807) is 0 Å². The predicted molar refractivity (Wildman–Crippen MR) is 129 cm³/mol. The summed E-state index contributed by atoms with van der Waals surface area (Å²) in [5, 5.41) is 3.79. The molecule has 1 aromatic carbocycles. The zero-order valence-electron chi connectivity index (χ0n) is 18.8. The summed E-state index contributed by atoms with van der Waals surface area (Å²) in [6, 6.07) is 4.90. The molecular formula is C27H36N2. The van der Waals surface area contributed by atoms with E-state index in [9.17, 15) is 0 Å². The van der Waals surface area contributed by atoms with Gasteiger partial charge in [-0.15, -0.1) is 0 Å². The van der Waals surface area contributed by atoms with Gasteiger partial charge >= 0.3 is 0 Å². The van der Waals surface area contributed by atoms with Crippen molar-refractivity contribution in [2.24, 2.45) is 5.41 Å². The van der Waals surface area contributed by atoms with Crippen LogP contribution in [0.25, 0.3) is 0 Å². The molecule has 2 heteroatoms. The highest BCUT2D eigenvalue weighted by molar-refractivity contribution is 5.70. The fourth-order valence-corrected chi connectivity index (χ4v) is 3.84. The molecule has 0 bridgehead atoms. The summed E-state index contributed by atoms with van der Waals surface area (Å²) < 4.78 is 0. The second kappa shape index (κ2) is 8.90. The van der Waals surface area contributed by atoms with Crippen molar-refractivity contribution in [3.63, 3.8) is 0 Å². The molecule has 1 heterocycles. The molecule has 0 aromatic heterocycles. The van der Waals surface area contributed by atoms with Crippen LogP contribution in [0, 0.1) is 5.41 Å². The molecule has 1 aromatic rings. The lowest BCUT2D eigenvalue weighted by molar-refractivity contribution is 0.517. The standard InChI is InChI=1S/C27H36N2/c1-7-8-12-21-18-22-13-9-11-20(2)29(6)26(22)19-25(21)28-24-15-10-14-23(16-17-24)27(3,4)5/h9-11,14-19,24,28H,2,7-8,12-13H2,1,3-6H3. The van der Waals surface area contributed by atoms with Gasteiger partial charge in [-0.3, -0.25) is 0 Å². The van der Waals surface area contributed by atoms with Gasteiger partial charge in [0.1, 0.15) is 0 Å². The van der Waals surface area contributed by atoms with E-state index in [4.69, 9.17) is 0 Å². The van der Waals surface area contributed by atoms with E-state index in [0.717, 1.165) is 18.5 Å². The summed E-state index contributed by atoms with van der Waals surface area (Å²) >= 11 is 0. The third-order valence-electron chi connectivity index (χ3n) is 5.81. The van der Waals surface area contributed by atoms with Gasteiger partial charge in [0.05, 0.1) is 6.04 Å². The number of allylic oxidation sites excluding steroid dienone is 6. The van der Waals surface area contributed by atoms with Crippen LogP contribution in [-0.2, 0) is 12.8 Å². The number of anilines is 2. The number of unbranched alkanes of at least 4 members (excludes halogenated alkanes) is 1. The van der Waals surface area contributed by atoms with Crippen LogP contribution in [0.3, 0.4) is 0 Å². The average molecular weight is 389 g/mol. The molecule has 0 spiro atoms. The van der Waals surface area contributed by atoms with E-state index in [2.05, 4.69) is 106 Å². The van der Waals surface area contributed by atoms with Crippen LogP contribution in [0.2, 0.25) is 0 Å². The second-order valence-corrected chi connectivity index (χ2v) is 9.18.